The van der Waals surface area contributed by atoms with Gasteiger partial charge in [0.15, 0.2) is 0 Å². The van der Waals surface area contributed by atoms with Gasteiger partial charge in [-0.3, -0.25) is 4.79 Å². The lowest BCUT2D eigenvalue weighted by atomic mass is 10.1. The molecule has 1 aromatic rings. The lowest BCUT2D eigenvalue weighted by Gasteiger charge is -2.15. The number of carbonyl (C=O) groups is 2. The summed E-state index contributed by atoms with van der Waals surface area (Å²) < 4.78 is 1.15. The molecular formula is C13H16Br2N2O3. The minimum atomic E-state index is -1.10. The molecule has 0 spiro atoms. The van der Waals surface area contributed by atoms with Crippen molar-refractivity contribution in [2.24, 2.45) is 5.92 Å². The number of carboxylic acids is 1. The first-order valence-electron chi connectivity index (χ1n) is 6.10. The minimum Gasteiger partial charge on any atom is -0.478 e. The van der Waals surface area contributed by atoms with Gasteiger partial charge in [-0.15, -0.1) is 0 Å². The highest BCUT2D eigenvalue weighted by atomic mass is 79.9. The molecule has 3 N–H and O–H groups in total. The number of rotatable bonds is 6. The zero-order valence-corrected chi connectivity index (χ0v) is 14.3. The van der Waals surface area contributed by atoms with Crippen LogP contribution in [0.2, 0.25) is 0 Å². The summed E-state index contributed by atoms with van der Waals surface area (Å²) in [4.78, 5) is 23.3. The molecule has 0 radical (unpaired) electrons. The van der Waals surface area contributed by atoms with Crippen LogP contribution < -0.4 is 10.6 Å². The topological polar surface area (TPSA) is 78.4 Å². The second kappa shape index (κ2) is 7.75. The van der Waals surface area contributed by atoms with E-state index < -0.39 is 5.97 Å². The van der Waals surface area contributed by atoms with E-state index >= 15 is 0 Å². The van der Waals surface area contributed by atoms with Crippen LogP contribution in [0.3, 0.4) is 0 Å². The molecule has 0 saturated carbocycles. The predicted molar refractivity (Wildman–Crippen MR) is 85.1 cm³/mol. The van der Waals surface area contributed by atoms with Crippen LogP contribution in [0.15, 0.2) is 21.1 Å². The molecule has 0 aliphatic rings. The van der Waals surface area contributed by atoms with Crippen LogP contribution in [0.25, 0.3) is 0 Å². The maximum absolute atomic E-state index is 12.1. The normalized spacial score (nSPS) is 12.0. The van der Waals surface area contributed by atoms with Gasteiger partial charge in [-0.2, -0.15) is 0 Å². The molecule has 1 unspecified atom stereocenters. The molecule has 20 heavy (non-hydrogen) atoms. The van der Waals surface area contributed by atoms with Gasteiger partial charge >= 0.3 is 5.97 Å². The van der Waals surface area contributed by atoms with Gasteiger partial charge in [-0.05, 0) is 34.6 Å². The lowest BCUT2D eigenvalue weighted by molar-refractivity contribution is -0.119. The third kappa shape index (κ3) is 4.57. The second-order valence-corrected chi connectivity index (χ2v) is 6.08. The van der Waals surface area contributed by atoms with Gasteiger partial charge in [0.1, 0.15) is 0 Å². The molecule has 0 aliphatic carbocycles. The molecular weight excluding hydrogens is 392 g/mol. The van der Waals surface area contributed by atoms with Crippen molar-refractivity contribution in [3.8, 4) is 0 Å². The fourth-order valence-corrected chi connectivity index (χ4v) is 2.89. The molecule has 0 heterocycles. The highest BCUT2D eigenvalue weighted by molar-refractivity contribution is 9.11. The third-order valence-corrected chi connectivity index (χ3v) is 3.76. The monoisotopic (exact) mass is 406 g/mol. The maximum atomic E-state index is 12.1. The molecule has 5 nitrogen and oxygen atoms in total. The Morgan fingerprint density at radius 2 is 2.00 bits per heavy atom. The summed E-state index contributed by atoms with van der Waals surface area (Å²) in [6.45, 7) is 5.06. The molecule has 0 bridgehead atoms. The zero-order chi connectivity index (χ0) is 15.3. The van der Waals surface area contributed by atoms with E-state index in [4.69, 9.17) is 0 Å². The molecule has 1 atom stereocenters. The highest BCUT2D eigenvalue weighted by Crippen LogP contribution is 2.31. The summed E-state index contributed by atoms with van der Waals surface area (Å²) in [6.07, 6.45) is 0. The average Bonchev–Trinajstić information content (AvgIpc) is 2.38. The van der Waals surface area contributed by atoms with E-state index in [2.05, 4.69) is 42.5 Å². The number of carboxylic acid groups (broad SMARTS) is 1. The Hall–Kier alpha value is -0.920. The zero-order valence-electron chi connectivity index (χ0n) is 11.2. The van der Waals surface area contributed by atoms with Crippen molar-refractivity contribution in [2.45, 2.75) is 13.8 Å². The number of halogens is 2. The van der Waals surface area contributed by atoms with Crippen LogP contribution in [0, 0.1) is 5.92 Å². The fourth-order valence-electron chi connectivity index (χ4n) is 1.57. The Bertz CT molecular complexity index is 521. The molecule has 1 aromatic carbocycles. The van der Waals surface area contributed by atoms with Crippen LogP contribution in [0.4, 0.5) is 5.69 Å². The Morgan fingerprint density at radius 3 is 2.55 bits per heavy atom. The molecule has 1 rings (SSSR count). The Morgan fingerprint density at radius 1 is 1.35 bits per heavy atom. The Kier molecular flexibility index (Phi) is 6.64. The van der Waals surface area contributed by atoms with Crippen molar-refractivity contribution in [1.82, 2.24) is 5.32 Å². The summed E-state index contributed by atoms with van der Waals surface area (Å²) in [5, 5.41) is 15.0. The summed E-state index contributed by atoms with van der Waals surface area (Å²) in [7, 11) is 0. The van der Waals surface area contributed by atoms with Gasteiger partial charge in [0, 0.05) is 21.4 Å². The van der Waals surface area contributed by atoms with Crippen LogP contribution in [-0.2, 0) is 4.79 Å². The van der Waals surface area contributed by atoms with E-state index in [9.17, 15) is 14.7 Å². The first-order chi connectivity index (χ1) is 9.36. The largest absolute Gasteiger partial charge is 0.478 e. The predicted octanol–water partition coefficient (Wildman–Crippen LogP) is 3.09. The van der Waals surface area contributed by atoms with E-state index in [1.165, 1.54) is 6.07 Å². The number of nitrogens with one attached hydrogen (secondary N) is 2. The van der Waals surface area contributed by atoms with Crippen LogP contribution >= 0.6 is 31.9 Å². The number of anilines is 1. The number of aromatic carboxylic acids is 1. The van der Waals surface area contributed by atoms with Gasteiger partial charge in [-0.1, -0.05) is 29.8 Å². The van der Waals surface area contributed by atoms with Crippen molar-refractivity contribution in [1.29, 1.82) is 0 Å². The van der Waals surface area contributed by atoms with Gasteiger partial charge < -0.3 is 15.7 Å². The molecule has 110 valence electrons. The number of hydrogen-bond acceptors (Lipinski definition) is 3. The standard InChI is InChI=1S/C13H16Br2N2O3/c1-3-16-6-7(2)12(18)17-11-9(13(19)20)4-8(14)5-10(11)15/h4-5,7,16H,3,6H2,1-2H3,(H,17,18)(H,19,20). The Labute approximate surface area is 134 Å². The second-order valence-electron chi connectivity index (χ2n) is 4.31. The van der Waals surface area contributed by atoms with Crippen molar-refractivity contribution >= 4 is 49.4 Å². The summed E-state index contributed by atoms with van der Waals surface area (Å²) in [5.41, 5.74) is 0.310. The maximum Gasteiger partial charge on any atom is 0.337 e. The summed E-state index contributed by atoms with van der Waals surface area (Å²) in [6, 6.07) is 3.15. The number of amides is 1. The lowest BCUT2D eigenvalue weighted by Crippen LogP contribution is -2.31. The summed E-state index contributed by atoms with van der Waals surface area (Å²) >= 11 is 6.50. The summed E-state index contributed by atoms with van der Waals surface area (Å²) in [5.74, 6) is -1.58. The van der Waals surface area contributed by atoms with Crippen LogP contribution in [0.5, 0.6) is 0 Å². The van der Waals surface area contributed by atoms with Crippen LogP contribution in [0.1, 0.15) is 24.2 Å². The van der Waals surface area contributed by atoms with Gasteiger partial charge in [-0.25, -0.2) is 4.79 Å². The van der Waals surface area contributed by atoms with Crippen molar-refractivity contribution in [3.05, 3.63) is 26.6 Å². The quantitative estimate of drug-likeness (QED) is 0.676. The first-order valence-corrected chi connectivity index (χ1v) is 7.69. The minimum absolute atomic E-state index is 0.0373. The van der Waals surface area contributed by atoms with Gasteiger partial charge in [0.25, 0.3) is 0 Å². The molecule has 0 fully saturated rings. The van der Waals surface area contributed by atoms with Crippen molar-refractivity contribution < 1.29 is 14.7 Å². The first kappa shape index (κ1) is 17.1. The fraction of sp³-hybridized carbons (Fsp3) is 0.385. The van der Waals surface area contributed by atoms with Crippen molar-refractivity contribution in [3.63, 3.8) is 0 Å². The van der Waals surface area contributed by atoms with E-state index in [1.54, 1.807) is 13.0 Å². The molecule has 0 aliphatic heterocycles. The van der Waals surface area contributed by atoms with Crippen molar-refractivity contribution in [2.75, 3.05) is 18.4 Å². The molecule has 1 amide bonds. The van der Waals surface area contributed by atoms with E-state index in [1.807, 2.05) is 6.92 Å². The molecule has 7 heteroatoms. The SMILES string of the molecule is CCNCC(C)C(=O)Nc1c(Br)cc(Br)cc1C(=O)O. The number of hydrogen-bond donors (Lipinski definition) is 3. The molecule has 0 saturated heterocycles. The molecule has 0 aromatic heterocycles. The smallest absolute Gasteiger partial charge is 0.337 e. The van der Waals surface area contributed by atoms with Gasteiger partial charge in [0.05, 0.1) is 11.3 Å². The van der Waals surface area contributed by atoms with E-state index in [0.29, 0.717) is 15.5 Å². The Balaban J connectivity index is 2.97. The average molecular weight is 408 g/mol. The third-order valence-electron chi connectivity index (χ3n) is 2.68. The van der Waals surface area contributed by atoms with E-state index in [-0.39, 0.29) is 23.1 Å². The van der Waals surface area contributed by atoms with Crippen LogP contribution in [-0.4, -0.2) is 30.1 Å². The van der Waals surface area contributed by atoms with E-state index in [0.717, 1.165) is 6.54 Å². The highest BCUT2D eigenvalue weighted by Gasteiger charge is 2.19. The number of benzene rings is 1. The number of carbonyl (C=O) groups excluding carboxylic acids is 1. The van der Waals surface area contributed by atoms with Gasteiger partial charge in [0.2, 0.25) is 5.91 Å².